The third-order valence-corrected chi connectivity index (χ3v) is 4.92. The number of Topliss-reactive ketones (excluding diaryl/α,β-unsaturated/α-hetero) is 2. The van der Waals surface area contributed by atoms with E-state index in [1.165, 1.54) is 11.8 Å². The molecular formula is C17H22N2O2S. The quantitative estimate of drug-likeness (QED) is 0.828. The topological polar surface area (TPSA) is 53.2 Å². The van der Waals surface area contributed by atoms with E-state index >= 15 is 0 Å². The molecule has 1 atom stereocenters. The number of ketones is 2. The number of likely N-dealkylation sites (N-methyl/N-ethyl adjacent to an activating group) is 1. The monoisotopic (exact) mass is 318 g/mol. The number of aryl methyl sites for hydroxylation is 1. The van der Waals surface area contributed by atoms with E-state index < -0.39 is 0 Å². The second-order valence-corrected chi connectivity index (χ2v) is 6.75. The maximum Gasteiger partial charge on any atom is 0.196 e. The van der Waals surface area contributed by atoms with Crippen LogP contribution < -0.4 is 0 Å². The van der Waals surface area contributed by atoms with Gasteiger partial charge in [-0.25, -0.2) is 0 Å². The lowest BCUT2D eigenvalue weighted by Gasteiger charge is -2.22. The first-order valence-electron chi connectivity index (χ1n) is 7.29. The zero-order chi connectivity index (χ0) is 16.4. The van der Waals surface area contributed by atoms with E-state index in [2.05, 4.69) is 11.1 Å². The third kappa shape index (κ3) is 3.20. The lowest BCUT2D eigenvalue weighted by Crippen LogP contribution is -2.35. The highest BCUT2D eigenvalue weighted by molar-refractivity contribution is 7.09. The van der Waals surface area contributed by atoms with E-state index in [0.717, 1.165) is 17.8 Å². The SMILES string of the molecule is CC(=O)c1c(C)[nH]c(C(=O)C(C)N(C)Cc2cccs2)c1C. The predicted octanol–water partition coefficient (Wildman–Crippen LogP) is 3.60. The van der Waals surface area contributed by atoms with Gasteiger partial charge in [0, 0.05) is 22.7 Å². The molecule has 1 unspecified atom stereocenters. The van der Waals surface area contributed by atoms with Crippen molar-refractivity contribution in [1.29, 1.82) is 0 Å². The summed E-state index contributed by atoms with van der Waals surface area (Å²) in [4.78, 5) is 30.8. The van der Waals surface area contributed by atoms with Crippen LogP contribution in [0.25, 0.3) is 0 Å². The first-order chi connectivity index (χ1) is 10.3. The lowest BCUT2D eigenvalue weighted by molar-refractivity contribution is 0.0857. The number of thiophene rings is 1. The number of aromatic nitrogens is 1. The van der Waals surface area contributed by atoms with Crippen molar-refractivity contribution in [2.24, 2.45) is 0 Å². The maximum absolute atomic E-state index is 12.7. The molecule has 2 aromatic heterocycles. The Morgan fingerprint density at radius 2 is 2.05 bits per heavy atom. The van der Waals surface area contributed by atoms with Crippen molar-refractivity contribution in [3.05, 3.63) is 44.9 Å². The van der Waals surface area contributed by atoms with E-state index in [9.17, 15) is 9.59 Å². The highest BCUT2D eigenvalue weighted by Crippen LogP contribution is 2.21. The first kappa shape index (κ1) is 16.6. The molecule has 0 amide bonds. The Morgan fingerprint density at radius 1 is 1.36 bits per heavy atom. The molecule has 1 N–H and O–H groups in total. The Balaban J connectivity index is 2.20. The molecule has 0 bridgehead atoms. The molecule has 0 aromatic carbocycles. The molecule has 4 nitrogen and oxygen atoms in total. The van der Waals surface area contributed by atoms with Crippen LogP contribution in [0.4, 0.5) is 0 Å². The summed E-state index contributed by atoms with van der Waals surface area (Å²) in [6.07, 6.45) is 0. The van der Waals surface area contributed by atoms with Gasteiger partial charge in [0.15, 0.2) is 11.6 Å². The standard InChI is InChI=1S/C17H22N2O2S/c1-10-15(13(4)20)11(2)18-16(10)17(21)12(3)19(5)9-14-7-6-8-22-14/h6-8,12,18H,9H2,1-5H3. The number of carbonyl (C=O) groups excluding carboxylic acids is 2. The molecule has 0 saturated carbocycles. The number of nitrogens with one attached hydrogen (secondary N) is 1. The Hall–Kier alpha value is -1.72. The molecule has 0 aliphatic carbocycles. The number of hydrogen-bond donors (Lipinski definition) is 1. The van der Waals surface area contributed by atoms with E-state index in [0.29, 0.717) is 11.3 Å². The molecular weight excluding hydrogens is 296 g/mol. The van der Waals surface area contributed by atoms with Crippen molar-refractivity contribution in [2.75, 3.05) is 7.05 Å². The Kier molecular flexibility index (Phi) is 4.98. The summed E-state index contributed by atoms with van der Waals surface area (Å²) >= 11 is 1.68. The minimum atomic E-state index is -0.251. The van der Waals surface area contributed by atoms with E-state index in [1.54, 1.807) is 11.3 Å². The molecule has 2 aromatic rings. The minimum absolute atomic E-state index is 0.00936. The van der Waals surface area contributed by atoms with E-state index in [-0.39, 0.29) is 17.6 Å². The molecule has 0 radical (unpaired) electrons. The molecule has 2 heterocycles. The summed E-state index contributed by atoms with van der Waals surface area (Å²) in [6.45, 7) is 7.84. The van der Waals surface area contributed by atoms with Gasteiger partial charge in [0.25, 0.3) is 0 Å². The summed E-state index contributed by atoms with van der Waals surface area (Å²) in [5, 5.41) is 2.03. The smallest absolute Gasteiger partial charge is 0.196 e. The third-order valence-electron chi connectivity index (χ3n) is 4.06. The van der Waals surface area contributed by atoms with Crippen LogP contribution in [0.5, 0.6) is 0 Å². The highest BCUT2D eigenvalue weighted by atomic mass is 32.1. The van der Waals surface area contributed by atoms with Crippen LogP contribution in [0.3, 0.4) is 0 Å². The van der Waals surface area contributed by atoms with Gasteiger partial charge in [-0.2, -0.15) is 0 Å². The second kappa shape index (κ2) is 6.58. The average molecular weight is 318 g/mol. The molecule has 0 saturated heterocycles. The Bertz CT molecular complexity index is 686. The van der Waals surface area contributed by atoms with Gasteiger partial charge in [-0.1, -0.05) is 6.07 Å². The van der Waals surface area contributed by atoms with Gasteiger partial charge >= 0.3 is 0 Å². The van der Waals surface area contributed by atoms with Crippen LogP contribution in [-0.4, -0.2) is 34.5 Å². The predicted molar refractivity (Wildman–Crippen MR) is 89.8 cm³/mol. The molecule has 118 valence electrons. The van der Waals surface area contributed by atoms with Crippen LogP contribution in [-0.2, 0) is 6.54 Å². The molecule has 0 aliphatic heterocycles. The largest absolute Gasteiger partial charge is 0.355 e. The fourth-order valence-electron chi connectivity index (χ4n) is 2.72. The van der Waals surface area contributed by atoms with E-state index in [1.807, 2.05) is 44.2 Å². The van der Waals surface area contributed by atoms with Crippen LogP contribution in [0.15, 0.2) is 17.5 Å². The molecule has 0 spiro atoms. The second-order valence-electron chi connectivity index (χ2n) is 5.72. The van der Waals surface area contributed by atoms with Crippen LogP contribution in [0, 0.1) is 13.8 Å². The van der Waals surface area contributed by atoms with Crippen molar-refractivity contribution in [3.63, 3.8) is 0 Å². The number of nitrogens with zero attached hydrogens (tertiary/aromatic N) is 1. The molecule has 0 fully saturated rings. The van der Waals surface area contributed by atoms with Gasteiger partial charge in [-0.15, -0.1) is 11.3 Å². The summed E-state index contributed by atoms with van der Waals surface area (Å²) < 4.78 is 0. The van der Waals surface area contributed by atoms with E-state index in [4.69, 9.17) is 0 Å². The van der Waals surface area contributed by atoms with Crippen molar-refractivity contribution in [2.45, 2.75) is 40.3 Å². The number of H-pyrrole nitrogens is 1. The minimum Gasteiger partial charge on any atom is -0.355 e. The zero-order valence-corrected chi connectivity index (χ0v) is 14.5. The van der Waals surface area contributed by atoms with Gasteiger partial charge < -0.3 is 4.98 Å². The zero-order valence-electron chi connectivity index (χ0n) is 13.7. The molecule has 22 heavy (non-hydrogen) atoms. The van der Waals surface area contributed by atoms with Crippen molar-refractivity contribution in [3.8, 4) is 0 Å². The average Bonchev–Trinajstić information content (AvgIpc) is 3.05. The number of hydrogen-bond acceptors (Lipinski definition) is 4. The molecule has 5 heteroatoms. The van der Waals surface area contributed by atoms with Crippen LogP contribution in [0.2, 0.25) is 0 Å². The van der Waals surface area contributed by atoms with Gasteiger partial charge in [-0.05, 0) is 51.8 Å². The van der Waals surface area contributed by atoms with Crippen molar-refractivity contribution in [1.82, 2.24) is 9.88 Å². The van der Waals surface area contributed by atoms with Crippen molar-refractivity contribution < 1.29 is 9.59 Å². The summed E-state index contributed by atoms with van der Waals surface area (Å²) in [5.41, 5.74) is 2.71. The first-order valence-corrected chi connectivity index (χ1v) is 8.17. The number of aromatic amines is 1. The fraction of sp³-hybridized carbons (Fsp3) is 0.412. The van der Waals surface area contributed by atoms with Gasteiger partial charge in [0.2, 0.25) is 0 Å². The van der Waals surface area contributed by atoms with Gasteiger partial charge in [0.05, 0.1) is 11.7 Å². The number of rotatable bonds is 6. The Labute approximate surface area is 135 Å². The molecule has 2 rings (SSSR count). The lowest BCUT2D eigenvalue weighted by atomic mass is 10.0. The fourth-order valence-corrected chi connectivity index (χ4v) is 3.49. The summed E-state index contributed by atoms with van der Waals surface area (Å²) in [6, 6.07) is 3.83. The summed E-state index contributed by atoms with van der Waals surface area (Å²) in [5.74, 6) is 0.0112. The number of carbonyl (C=O) groups is 2. The maximum atomic E-state index is 12.7. The normalized spacial score (nSPS) is 12.6. The van der Waals surface area contributed by atoms with Crippen LogP contribution >= 0.6 is 11.3 Å². The Morgan fingerprint density at radius 3 is 2.55 bits per heavy atom. The van der Waals surface area contributed by atoms with Gasteiger partial charge in [0.1, 0.15) is 0 Å². The van der Waals surface area contributed by atoms with Gasteiger partial charge in [-0.3, -0.25) is 14.5 Å². The van der Waals surface area contributed by atoms with Crippen molar-refractivity contribution >= 4 is 22.9 Å². The highest BCUT2D eigenvalue weighted by Gasteiger charge is 2.25. The van der Waals surface area contributed by atoms with Crippen LogP contribution in [0.1, 0.15) is 50.8 Å². The summed E-state index contributed by atoms with van der Waals surface area (Å²) in [7, 11) is 1.94. The molecule has 0 aliphatic rings.